The molecule has 0 radical (unpaired) electrons. The summed E-state index contributed by atoms with van der Waals surface area (Å²) in [6, 6.07) is 7.94. The molecule has 0 aromatic heterocycles. The monoisotopic (exact) mass is 261 g/mol. The number of carbonyl (C=O) groups is 2. The maximum absolute atomic E-state index is 11.9. The van der Waals surface area contributed by atoms with Crippen molar-refractivity contribution in [2.45, 2.75) is 26.8 Å². The Hall–Kier alpha value is -2.10. The van der Waals surface area contributed by atoms with Crippen LogP contribution in [0.3, 0.4) is 0 Å². The number of carboxylic acid groups (broad SMARTS) is 1. The molecule has 1 rings (SSSR count). The average molecular weight is 261 g/mol. The van der Waals surface area contributed by atoms with E-state index in [1.54, 1.807) is 4.90 Å². The van der Waals surface area contributed by atoms with Gasteiger partial charge in [0.25, 0.3) is 0 Å². The lowest BCUT2D eigenvalue weighted by atomic mass is 10.1. The number of amides is 1. The van der Waals surface area contributed by atoms with Gasteiger partial charge in [0.2, 0.25) is 5.91 Å². The Labute approximate surface area is 113 Å². The third kappa shape index (κ3) is 5.38. The number of benzene rings is 1. The lowest BCUT2D eigenvalue weighted by Gasteiger charge is -2.20. The molecule has 0 spiro atoms. The highest BCUT2D eigenvalue weighted by molar-refractivity contribution is 5.93. The number of nitrogens with zero attached hydrogens (tertiary/aromatic N) is 1. The highest BCUT2D eigenvalue weighted by Crippen LogP contribution is 2.09. The first-order valence-electron chi connectivity index (χ1n) is 6.28. The van der Waals surface area contributed by atoms with Crippen LogP contribution in [0, 0.1) is 6.92 Å². The summed E-state index contributed by atoms with van der Waals surface area (Å²) >= 11 is 0. The maximum Gasteiger partial charge on any atom is 0.328 e. The van der Waals surface area contributed by atoms with Gasteiger partial charge in [0, 0.05) is 25.2 Å². The van der Waals surface area contributed by atoms with Gasteiger partial charge in [0.05, 0.1) is 0 Å². The van der Waals surface area contributed by atoms with Gasteiger partial charge in [-0.15, -0.1) is 0 Å². The Morgan fingerprint density at radius 1 is 1.32 bits per heavy atom. The molecule has 0 saturated carbocycles. The van der Waals surface area contributed by atoms with E-state index < -0.39 is 5.97 Å². The lowest BCUT2D eigenvalue weighted by molar-refractivity contribution is -0.132. The largest absolute Gasteiger partial charge is 0.478 e. The summed E-state index contributed by atoms with van der Waals surface area (Å²) in [5, 5.41) is 8.54. The number of aryl methyl sites for hydroxylation is 1. The summed E-state index contributed by atoms with van der Waals surface area (Å²) in [5.74, 6) is -1.38. The molecule has 0 aliphatic carbocycles. The minimum absolute atomic E-state index is 0.272. The normalized spacial score (nSPS) is 10.6. The van der Waals surface area contributed by atoms with Crippen LogP contribution in [0.5, 0.6) is 0 Å². The van der Waals surface area contributed by atoms with Crippen molar-refractivity contribution >= 4 is 11.9 Å². The number of aliphatic carboxylic acids is 1. The van der Waals surface area contributed by atoms with Crippen LogP contribution < -0.4 is 0 Å². The van der Waals surface area contributed by atoms with Gasteiger partial charge in [0.1, 0.15) is 0 Å². The molecule has 1 aromatic carbocycles. The van der Waals surface area contributed by atoms with Gasteiger partial charge in [0.15, 0.2) is 0 Å². The highest BCUT2D eigenvalue weighted by Gasteiger charge is 2.10. The first-order valence-corrected chi connectivity index (χ1v) is 6.28. The van der Waals surface area contributed by atoms with E-state index in [0.29, 0.717) is 13.1 Å². The molecule has 0 saturated heterocycles. The van der Waals surface area contributed by atoms with Crippen LogP contribution in [0.25, 0.3) is 0 Å². The Bertz CT molecular complexity index is 480. The average Bonchev–Trinajstić information content (AvgIpc) is 2.35. The molecule has 0 unspecified atom stereocenters. The Kier molecular flexibility index (Phi) is 5.79. The third-order valence-electron chi connectivity index (χ3n) is 2.63. The molecule has 4 nitrogen and oxygen atoms in total. The molecule has 0 fully saturated rings. The van der Waals surface area contributed by atoms with Crippen LogP contribution in [0.1, 0.15) is 24.5 Å². The number of rotatable bonds is 6. The standard InChI is InChI=1S/C15H19NO3/c1-3-9-16(14(17)7-8-15(18)19)11-13-6-4-5-12(2)10-13/h4-8,10H,3,9,11H2,1-2H3,(H,18,19)/b8-7+. The fourth-order valence-electron chi connectivity index (χ4n) is 1.82. The summed E-state index contributed by atoms with van der Waals surface area (Å²) in [7, 11) is 0. The van der Waals surface area contributed by atoms with Crippen molar-refractivity contribution in [2.24, 2.45) is 0 Å². The minimum atomic E-state index is -1.11. The topological polar surface area (TPSA) is 57.6 Å². The van der Waals surface area contributed by atoms with Crippen LogP contribution in [0.2, 0.25) is 0 Å². The number of carboxylic acids is 1. The predicted octanol–water partition coefficient (Wildman–Crippen LogP) is 2.37. The van der Waals surface area contributed by atoms with E-state index in [-0.39, 0.29) is 5.91 Å². The van der Waals surface area contributed by atoms with E-state index in [1.165, 1.54) is 0 Å². The van der Waals surface area contributed by atoms with Crippen molar-refractivity contribution in [3.63, 3.8) is 0 Å². The van der Waals surface area contributed by atoms with Gasteiger partial charge >= 0.3 is 5.97 Å². The maximum atomic E-state index is 11.9. The fraction of sp³-hybridized carbons (Fsp3) is 0.333. The number of carbonyl (C=O) groups excluding carboxylic acids is 1. The molecule has 1 amide bonds. The van der Waals surface area contributed by atoms with Crippen molar-refractivity contribution in [1.29, 1.82) is 0 Å². The molecule has 4 heteroatoms. The van der Waals surface area contributed by atoms with Crippen molar-refractivity contribution in [1.82, 2.24) is 4.90 Å². The molecule has 0 aliphatic heterocycles. The summed E-state index contributed by atoms with van der Waals surface area (Å²) in [5.41, 5.74) is 2.19. The highest BCUT2D eigenvalue weighted by atomic mass is 16.4. The molecule has 0 bridgehead atoms. The third-order valence-corrected chi connectivity index (χ3v) is 2.63. The first kappa shape index (κ1) is 15.0. The van der Waals surface area contributed by atoms with Gasteiger partial charge in [-0.1, -0.05) is 36.8 Å². The Morgan fingerprint density at radius 2 is 2.05 bits per heavy atom. The molecular formula is C15H19NO3. The van der Waals surface area contributed by atoms with Gasteiger partial charge in [-0.25, -0.2) is 4.79 Å². The van der Waals surface area contributed by atoms with Crippen LogP contribution in [0.15, 0.2) is 36.4 Å². The van der Waals surface area contributed by atoms with Gasteiger partial charge in [-0.2, -0.15) is 0 Å². The second-order valence-electron chi connectivity index (χ2n) is 4.42. The van der Waals surface area contributed by atoms with Crippen molar-refractivity contribution < 1.29 is 14.7 Å². The fourth-order valence-corrected chi connectivity index (χ4v) is 1.82. The SMILES string of the molecule is CCCN(Cc1cccc(C)c1)C(=O)/C=C/C(=O)O. The molecule has 1 aromatic rings. The number of hydrogen-bond acceptors (Lipinski definition) is 2. The van der Waals surface area contributed by atoms with Crippen molar-refractivity contribution in [3.8, 4) is 0 Å². The zero-order valence-corrected chi connectivity index (χ0v) is 11.3. The second-order valence-corrected chi connectivity index (χ2v) is 4.42. The van der Waals surface area contributed by atoms with E-state index >= 15 is 0 Å². The van der Waals surface area contributed by atoms with Gasteiger partial charge in [-0.05, 0) is 18.9 Å². The molecule has 19 heavy (non-hydrogen) atoms. The molecule has 0 atom stereocenters. The van der Waals surface area contributed by atoms with Gasteiger partial charge in [-0.3, -0.25) is 4.79 Å². The van der Waals surface area contributed by atoms with Crippen LogP contribution in [-0.4, -0.2) is 28.4 Å². The van der Waals surface area contributed by atoms with Crippen LogP contribution >= 0.6 is 0 Å². The van der Waals surface area contributed by atoms with Gasteiger partial charge < -0.3 is 10.0 Å². The summed E-state index contributed by atoms with van der Waals surface area (Å²) in [4.78, 5) is 24.0. The molecule has 102 valence electrons. The minimum Gasteiger partial charge on any atom is -0.478 e. The van der Waals surface area contributed by atoms with Crippen LogP contribution in [0.4, 0.5) is 0 Å². The predicted molar refractivity (Wildman–Crippen MR) is 73.7 cm³/mol. The second kappa shape index (κ2) is 7.36. The van der Waals surface area contributed by atoms with Crippen LogP contribution in [-0.2, 0) is 16.1 Å². The smallest absolute Gasteiger partial charge is 0.328 e. The molecular weight excluding hydrogens is 242 g/mol. The van der Waals surface area contributed by atoms with E-state index in [2.05, 4.69) is 0 Å². The van der Waals surface area contributed by atoms with E-state index in [0.717, 1.165) is 29.7 Å². The lowest BCUT2D eigenvalue weighted by Crippen LogP contribution is -2.29. The molecule has 0 heterocycles. The molecule has 0 aliphatic rings. The Balaban J connectivity index is 2.77. The quantitative estimate of drug-likeness (QED) is 0.800. The zero-order chi connectivity index (χ0) is 14.3. The van der Waals surface area contributed by atoms with E-state index in [9.17, 15) is 9.59 Å². The zero-order valence-electron chi connectivity index (χ0n) is 11.3. The molecule has 1 N–H and O–H groups in total. The summed E-state index contributed by atoms with van der Waals surface area (Å²) < 4.78 is 0. The van der Waals surface area contributed by atoms with Crippen molar-refractivity contribution in [2.75, 3.05) is 6.54 Å². The Morgan fingerprint density at radius 3 is 2.63 bits per heavy atom. The summed E-state index contributed by atoms with van der Waals surface area (Å²) in [6.07, 6.45) is 2.81. The summed E-state index contributed by atoms with van der Waals surface area (Å²) in [6.45, 7) is 5.09. The van der Waals surface area contributed by atoms with E-state index in [1.807, 2.05) is 38.1 Å². The van der Waals surface area contributed by atoms with E-state index in [4.69, 9.17) is 5.11 Å². The number of hydrogen-bond donors (Lipinski definition) is 1. The first-order chi connectivity index (χ1) is 9.02. The van der Waals surface area contributed by atoms with Crippen molar-refractivity contribution in [3.05, 3.63) is 47.5 Å².